The number of aliphatic hydroxyl groups is 1. The quantitative estimate of drug-likeness (QED) is 0.870. The number of nitrogens with one attached hydrogen (secondary N) is 1. The molecule has 0 unspecified atom stereocenters. The zero-order valence-corrected chi connectivity index (χ0v) is 12.7. The van der Waals surface area contributed by atoms with Crippen LogP contribution in [0.15, 0.2) is 18.2 Å². The predicted octanol–water partition coefficient (Wildman–Crippen LogP) is 1.74. The van der Waals surface area contributed by atoms with E-state index in [0.29, 0.717) is 35.5 Å². The first-order chi connectivity index (χ1) is 10.00. The van der Waals surface area contributed by atoms with Gasteiger partial charge in [0.05, 0.1) is 24.9 Å². The second kappa shape index (κ2) is 5.48. The maximum atomic E-state index is 12.1. The first-order valence-corrected chi connectivity index (χ1v) is 7.46. The van der Waals surface area contributed by atoms with Gasteiger partial charge >= 0.3 is 0 Å². The Bertz CT molecular complexity index is 554. The Morgan fingerprint density at radius 1 is 1.52 bits per heavy atom. The summed E-state index contributed by atoms with van der Waals surface area (Å²) in [6.45, 7) is 1.43. The van der Waals surface area contributed by atoms with E-state index in [1.165, 1.54) is 0 Å². The lowest BCUT2D eigenvalue weighted by atomic mass is 9.89. The number of anilines is 1. The number of amides is 1. The fourth-order valence-corrected chi connectivity index (χ4v) is 3.06. The molecule has 2 fully saturated rings. The van der Waals surface area contributed by atoms with Crippen LogP contribution in [0.1, 0.15) is 12.8 Å². The number of likely N-dealkylation sites (tertiary alicyclic amines) is 1. The number of β-amino-alcohol motifs (C(OH)–C–C–N with tert-alkyl or cyclic N) is 1. The van der Waals surface area contributed by atoms with Gasteiger partial charge < -0.3 is 15.2 Å². The molecule has 21 heavy (non-hydrogen) atoms. The molecule has 1 saturated heterocycles. The van der Waals surface area contributed by atoms with Gasteiger partial charge in [-0.2, -0.15) is 0 Å². The van der Waals surface area contributed by atoms with Gasteiger partial charge in [-0.3, -0.25) is 9.69 Å². The molecule has 0 aromatic heterocycles. The molecule has 0 radical (unpaired) electrons. The van der Waals surface area contributed by atoms with Crippen LogP contribution in [0.25, 0.3) is 0 Å². The second-order valence-electron chi connectivity index (χ2n) is 5.92. The zero-order valence-electron chi connectivity index (χ0n) is 11.9. The molecule has 1 aliphatic carbocycles. The largest absolute Gasteiger partial charge is 0.495 e. The Morgan fingerprint density at radius 3 is 2.86 bits per heavy atom. The summed E-state index contributed by atoms with van der Waals surface area (Å²) in [6.07, 6.45) is 2.21. The lowest BCUT2D eigenvalue weighted by Gasteiger charge is -2.46. The van der Waals surface area contributed by atoms with Crippen molar-refractivity contribution in [2.45, 2.75) is 18.4 Å². The number of halogens is 1. The molecular formula is C15H19ClN2O3. The molecule has 3 rings (SSSR count). The Balaban J connectivity index is 1.54. The highest BCUT2D eigenvalue weighted by atomic mass is 35.5. The summed E-state index contributed by atoms with van der Waals surface area (Å²) >= 11 is 5.93. The van der Waals surface area contributed by atoms with Crippen LogP contribution in [0.3, 0.4) is 0 Å². The van der Waals surface area contributed by atoms with E-state index in [1.54, 1.807) is 25.3 Å². The van der Waals surface area contributed by atoms with Crippen molar-refractivity contribution in [3.05, 3.63) is 23.2 Å². The summed E-state index contributed by atoms with van der Waals surface area (Å²) in [5.74, 6) is 0.879. The maximum absolute atomic E-state index is 12.1. The smallest absolute Gasteiger partial charge is 0.238 e. The third kappa shape index (κ3) is 3.15. The molecule has 1 aliphatic heterocycles. The van der Waals surface area contributed by atoms with Crippen LogP contribution in [-0.2, 0) is 4.79 Å². The van der Waals surface area contributed by atoms with Crippen molar-refractivity contribution < 1.29 is 14.6 Å². The molecule has 1 amide bonds. The molecule has 1 aromatic rings. The number of nitrogens with zero attached hydrogens (tertiary/aromatic N) is 1. The molecule has 0 bridgehead atoms. The molecule has 2 aliphatic rings. The van der Waals surface area contributed by atoms with Gasteiger partial charge in [-0.05, 0) is 37.0 Å². The number of rotatable bonds is 5. The second-order valence-corrected chi connectivity index (χ2v) is 6.35. The number of hydrogen-bond acceptors (Lipinski definition) is 4. The van der Waals surface area contributed by atoms with Gasteiger partial charge in [0.2, 0.25) is 5.91 Å². The van der Waals surface area contributed by atoms with Crippen LogP contribution in [0.2, 0.25) is 5.02 Å². The average molecular weight is 311 g/mol. The number of methoxy groups -OCH3 is 1. The topological polar surface area (TPSA) is 61.8 Å². The van der Waals surface area contributed by atoms with Crippen molar-refractivity contribution in [1.82, 2.24) is 4.90 Å². The highest BCUT2D eigenvalue weighted by Gasteiger charge is 2.51. The molecule has 1 aromatic carbocycles. The standard InChI is InChI=1S/C15H19ClN2O3/c1-21-13-5-4-11(16)6-12(13)17-14(19)7-18-8-15(20,9-18)10-2-3-10/h4-6,10,20H,2-3,7-9H2,1H3,(H,17,19). The minimum Gasteiger partial charge on any atom is -0.495 e. The molecule has 1 saturated carbocycles. The van der Waals surface area contributed by atoms with Crippen molar-refractivity contribution >= 4 is 23.2 Å². The Hall–Kier alpha value is -1.30. The van der Waals surface area contributed by atoms with Gasteiger partial charge in [-0.25, -0.2) is 0 Å². The van der Waals surface area contributed by atoms with Crippen molar-refractivity contribution in [3.63, 3.8) is 0 Å². The summed E-state index contributed by atoms with van der Waals surface area (Å²) in [5.41, 5.74) is 0.00146. The van der Waals surface area contributed by atoms with Crippen LogP contribution >= 0.6 is 11.6 Å². The molecule has 5 nitrogen and oxygen atoms in total. The molecule has 6 heteroatoms. The van der Waals surface area contributed by atoms with E-state index in [4.69, 9.17) is 16.3 Å². The Morgan fingerprint density at radius 2 is 2.24 bits per heavy atom. The van der Waals surface area contributed by atoms with Crippen LogP contribution in [0.4, 0.5) is 5.69 Å². The number of carbonyl (C=O) groups is 1. The lowest BCUT2D eigenvalue weighted by Crippen LogP contribution is -2.64. The van der Waals surface area contributed by atoms with Crippen LogP contribution in [0.5, 0.6) is 5.75 Å². The number of benzene rings is 1. The van der Waals surface area contributed by atoms with E-state index in [9.17, 15) is 9.90 Å². The highest BCUT2D eigenvalue weighted by molar-refractivity contribution is 6.31. The minimum atomic E-state index is -0.561. The molecule has 0 atom stereocenters. The predicted molar refractivity (Wildman–Crippen MR) is 80.7 cm³/mol. The Kier molecular flexibility index (Phi) is 3.82. The maximum Gasteiger partial charge on any atom is 0.238 e. The van der Waals surface area contributed by atoms with E-state index < -0.39 is 5.60 Å². The zero-order chi connectivity index (χ0) is 15.0. The molecule has 114 valence electrons. The molecule has 0 spiro atoms. The van der Waals surface area contributed by atoms with Crippen LogP contribution < -0.4 is 10.1 Å². The van der Waals surface area contributed by atoms with Crippen molar-refractivity contribution in [3.8, 4) is 5.75 Å². The monoisotopic (exact) mass is 310 g/mol. The van der Waals surface area contributed by atoms with Crippen LogP contribution in [-0.4, -0.2) is 48.3 Å². The molecular weight excluding hydrogens is 292 g/mol. The van der Waals surface area contributed by atoms with E-state index >= 15 is 0 Å². The third-order valence-corrected chi connectivity index (χ3v) is 4.37. The van der Waals surface area contributed by atoms with E-state index in [-0.39, 0.29) is 12.5 Å². The van der Waals surface area contributed by atoms with Gasteiger partial charge in [-0.15, -0.1) is 0 Å². The molecule has 1 heterocycles. The number of hydrogen-bond donors (Lipinski definition) is 2. The lowest BCUT2D eigenvalue weighted by molar-refractivity contribution is -0.132. The summed E-state index contributed by atoms with van der Waals surface area (Å²) in [5, 5.41) is 13.6. The summed E-state index contributed by atoms with van der Waals surface area (Å²) in [4.78, 5) is 14.0. The first-order valence-electron chi connectivity index (χ1n) is 7.08. The summed E-state index contributed by atoms with van der Waals surface area (Å²) in [6, 6.07) is 5.09. The number of ether oxygens (including phenoxy) is 1. The Labute approximate surface area is 128 Å². The first kappa shape index (κ1) is 14.6. The van der Waals surface area contributed by atoms with Crippen molar-refractivity contribution in [2.75, 3.05) is 32.1 Å². The highest BCUT2D eigenvalue weighted by Crippen LogP contribution is 2.44. The van der Waals surface area contributed by atoms with Gasteiger partial charge in [0.15, 0.2) is 0 Å². The average Bonchev–Trinajstić information content (AvgIpc) is 3.21. The van der Waals surface area contributed by atoms with Gasteiger partial charge in [-0.1, -0.05) is 11.6 Å². The number of carbonyl (C=O) groups excluding carboxylic acids is 1. The fraction of sp³-hybridized carbons (Fsp3) is 0.533. The van der Waals surface area contributed by atoms with Crippen molar-refractivity contribution in [1.29, 1.82) is 0 Å². The third-order valence-electron chi connectivity index (χ3n) is 4.13. The van der Waals surface area contributed by atoms with Gasteiger partial charge in [0.1, 0.15) is 5.75 Å². The van der Waals surface area contributed by atoms with Gasteiger partial charge in [0.25, 0.3) is 0 Å². The van der Waals surface area contributed by atoms with Gasteiger partial charge in [0, 0.05) is 18.1 Å². The van der Waals surface area contributed by atoms with E-state index in [2.05, 4.69) is 5.32 Å². The fourth-order valence-electron chi connectivity index (χ4n) is 2.89. The van der Waals surface area contributed by atoms with Crippen molar-refractivity contribution in [2.24, 2.45) is 5.92 Å². The summed E-state index contributed by atoms with van der Waals surface area (Å²) < 4.78 is 5.19. The van der Waals surface area contributed by atoms with Crippen LogP contribution in [0, 0.1) is 5.92 Å². The SMILES string of the molecule is COc1ccc(Cl)cc1NC(=O)CN1CC(O)(C2CC2)C1. The minimum absolute atomic E-state index is 0.131. The summed E-state index contributed by atoms with van der Waals surface area (Å²) in [7, 11) is 1.55. The normalized spacial score (nSPS) is 20.7. The molecule has 2 N–H and O–H groups in total. The van der Waals surface area contributed by atoms with E-state index in [1.807, 2.05) is 4.90 Å². The van der Waals surface area contributed by atoms with E-state index in [0.717, 1.165) is 12.8 Å².